The van der Waals surface area contributed by atoms with E-state index in [0.29, 0.717) is 25.9 Å². The van der Waals surface area contributed by atoms with E-state index in [2.05, 4.69) is 15.3 Å². The highest BCUT2D eigenvalue weighted by Crippen LogP contribution is 2.14. The van der Waals surface area contributed by atoms with Gasteiger partial charge in [-0.1, -0.05) is 5.11 Å². The summed E-state index contributed by atoms with van der Waals surface area (Å²) in [7, 11) is 0. The minimum absolute atomic E-state index is 0.108. The molecule has 0 aromatic heterocycles. The minimum atomic E-state index is -0.762. The number of halogens is 1. The highest BCUT2D eigenvalue weighted by molar-refractivity contribution is 5.94. The largest absolute Gasteiger partial charge is 0.508 e. The lowest BCUT2D eigenvalue weighted by molar-refractivity contribution is 0.0949. The first-order chi connectivity index (χ1) is 8.65. The maximum atomic E-state index is 13.3. The molecular weight excluding hydrogens is 239 g/mol. The predicted octanol–water partition coefficient (Wildman–Crippen LogP) is 2.35. The summed E-state index contributed by atoms with van der Waals surface area (Å²) in [6.07, 6.45) is 1.30. The molecule has 18 heavy (non-hydrogen) atoms. The van der Waals surface area contributed by atoms with Gasteiger partial charge in [-0.3, -0.25) is 4.79 Å². The van der Waals surface area contributed by atoms with Gasteiger partial charge in [0.05, 0.1) is 5.56 Å². The smallest absolute Gasteiger partial charge is 0.254 e. The van der Waals surface area contributed by atoms with E-state index in [-0.39, 0.29) is 11.3 Å². The zero-order chi connectivity index (χ0) is 13.4. The van der Waals surface area contributed by atoms with Gasteiger partial charge in [0.2, 0.25) is 0 Å². The second-order valence-corrected chi connectivity index (χ2v) is 3.58. The van der Waals surface area contributed by atoms with E-state index in [1.54, 1.807) is 0 Å². The number of hydrogen-bond acceptors (Lipinski definition) is 3. The third kappa shape index (κ3) is 4.31. The summed E-state index contributed by atoms with van der Waals surface area (Å²) in [6, 6.07) is 3.36. The van der Waals surface area contributed by atoms with Gasteiger partial charge in [0.1, 0.15) is 11.6 Å². The van der Waals surface area contributed by atoms with Gasteiger partial charge in [-0.2, -0.15) is 0 Å². The van der Waals surface area contributed by atoms with Crippen LogP contribution in [0.4, 0.5) is 4.39 Å². The molecule has 1 aromatic rings. The summed E-state index contributed by atoms with van der Waals surface area (Å²) in [5.74, 6) is -1.52. The number of unbranched alkanes of at least 4 members (excludes halogenated alkanes) is 1. The van der Waals surface area contributed by atoms with Gasteiger partial charge >= 0.3 is 0 Å². The molecule has 1 aromatic carbocycles. The number of phenols is 1. The predicted molar refractivity (Wildman–Crippen MR) is 63.6 cm³/mol. The van der Waals surface area contributed by atoms with E-state index in [4.69, 9.17) is 10.6 Å². The molecule has 0 radical (unpaired) electrons. The molecule has 0 aliphatic carbocycles. The maximum Gasteiger partial charge on any atom is 0.254 e. The SMILES string of the molecule is [N-]=[N+]=NCCCCNC(=O)c1ccc(O)cc1F. The lowest BCUT2D eigenvalue weighted by Crippen LogP contribution is -2.25. The minimum Gasteiger partial charge on any atom is -0.508 e. The molecule has 0 aliphatic heterocycles. The second kappa shape index (κ2) is 7.13. The molecule has 1 amide bonds. The highest BCUT2D eigenvalue weighted by atomic mass is 19.1. The van der Waals surface area contributed by atoms with Gasteiger partial charge in [0.25, 0.3) is 5.91 Å². The fourth-order valence-corrected chi connectivity index (χ4v) is 1.34. The highest BCUT2D eigenvalue weighted by Gasteiger charge is 2.11. The van der Waals surface area contributed by atoms with Crippen molar-refractivity contribution in [1.29, 1.82) is 0 Å². The van der Waals surface area contributed by atoms with Gasteiger partial charge in [0, 0.05) is 24.1 Å². The van der Waals surface area contributed by atoms with Crippen LogP contribution in [0.15, 0.2) is 23.3 Å². The van der Waals surface area contributed by atoms with E-state index in [9.17, 15) is 9.18 Å². The Bertz CT molecular complexity index is 472. The molecule has 2 N–H and O–H groups in total. The monoisotopic (exact) mass is 252 g/mol. The van der Waals surface area contributed by atoms with Crippen LogP contribution in [0.5, 0.6) is 5.75 Å². The number of benzene rings is 1. The van der Waals surface area contributed by atoms with E-state index in [0.717, 1.165) is 6.07 Å². The van der Waals surface area contributed by atoms with Gasteiger partial charge in [-0.15, -0.1) is 0 Å². The molecule has 0 spiro atoms. The fraction of sp³-hybridized carbons (Fsp3) is 0.364. The van der Waals surface area contributed by atoms with Crippen LogP contribution >= 0.6 is 0 Å². The molecule has 1 rings (SSSR count). The molecule has 96 valence electrons. The van der Waals surface area contributed by atoms with Crippen LogP contribution in [-0.2, 0) is 0 Å². The number of amides is 1. The van der Waals surface area contributed by atoms with E-state index in [1.807, 2.05) is 0 Å². The topological polar surface area (TPSA) is 98.1 Å². The fourth-order valence-electron chi connectivity index (χ4n) is 1.34. The summed E-state index contributed by atoms with van der Waals surface area (Å²) in [6.45, 7) is 0.750. The average molecular weight is 252 g/mol. The van der Waals surface area contributed by atoms with Crippen molar-refractivity contribution in [2.45, 2.75) is 12.8 Å². The molecule has 7 heteroatoms. The van der Waals surface area contributed by atoms with Gasteiger partial charge in [-0.25, -0.2) is 4.39 Å². The number of hydrogen-bond donors (Lipinski definition) is 2. The molecule has 0 heterocycles. The van der Waals surface area contributed by atoms with E-state index >= 15 is 0 Å². The Morgan fingerprint density at radius 1 is 1.50 bits per heavy atom. The summed E-state index contributed by atoms with van der Waals surface area (Å²) < 4.78 is 13.3. The Balaban J connectivity index is 2.38. The van der Waals surface area contributed by atoms with Gasteiger partial charge in [0.15, 0.2) is 0 Å². The lowest BCUT2D eigenvalue weighted by Gasteiger charge is -2.05. The molecule has 0 bridgehead atoms. The lowest BCUT2D eigenvalue weighted by atomic mass is 10.2. The van der Waals surface area contributed by atoms with Crippen LogP contribution in [-0.4, -0.2) is 24.1 Å². The summed E-state index contributed by atoms with van der Waals surface area (Å²) in [5.41, 5.74) is 7.93. The van der Waals surface area contributed by atoms with Crippen LogP contribution in [0.1, 0.15) is 23.2 Å². The van der Waals surface area contributed by atoms with Gasteiger partial charge in [-0.05, 0) is 30.5 Å². The first kappa shape index (κ1) is 13.8. The van der Waals surface area contributed by atoms with Gasteiger partial charge < -0.3 is 10.4 Å². The zero-order valence-electron chi connectivity index (χ0n) is 9.64. The number of carbonyl (C=O) groups is 1. The Morgan fingerprint density at radius 3 is 2.94 bits per heavy atom. The van der Waals surface area contributed by atoms with Crippen molar-refractivity contribution in [1.82, 2.24) is 5.32 Å². The standard InChI is InChI=1S/C11H13FN4O2/c12-10-7-8(17)3-4-9(10)11(18)14-5-1-2-6-15-16-13/h3-4,7,17H,1-2,5-6H2,(H,14,18). The Hall–Kier alpha value is -2.27. The Kier molecular flexibility index (Phi) is 5.47. The number of rotatable bonds is 6. The summed E-state index contributed by atoms with van der Waals surface area (Å²) in [4.78, 5) is 14.2. The number of aromatic hydroxyl groups is 1. The second-order valence-electron chi connectivity index (χ2n) is 3.58. The van der Waals surface area contributed by atoms with Crippen molar-refractivity contribution in [3.05, 3.63) is 40.0 Å². The molecule has 0 atom stereocenters. The summed E-state index contributed by atoms with van der Waals surface area (Å²) >= 11 is 0. The van der Waals surface area contributed by atoms with Crippen molar-refractivity contribution < 1.29 is 14.3 Å². The van der Waals surface area contributed by atoms with Crippen molar-refractivity contribution in [2.24, 2.45) is 5.11 Å². The van der Waals surface area contributed by atoms with Crippen molar-refractivity contribution in [3.63, 3.8) is 0 Å². The summed E-state index contributed by atoms with van der Waals surface area (Å²) in [5, 5.41) is 14.9. The first-order valence-corrected chi connectivity index (χ1v) is 5.42. The van der Waals surface area contributed by atoms with Crippen molar-refractivity contribution in [2.75, 3.05) is 13.1 Å². The van der Waals surface area contributed by atoms with Crippen molar-refractivity contribution >= 4 is 5.91 Å². The Morgan fingerprint density at radius 2 is 2.28 bits per heavy atom. The number of nitrogens with zero attached hydrogens (tertiary/aromatic N) is 3. The number of phenolic OH excluding ortho intramolecular Hbond substituents is 1. The number of nitrogens with one attached hydrogen (secondary N) is 1. The van der Waals surface area contributed by atoms with Crippen LogP contribution in [0.2, 0.25) is 0 Å². The van der Waals surface area contributed by atoms with E-state index < -0.39 is 11.7 Å². The normalized spacial score (nSPS) is 9.61. The van der Waals surface area contributed by atoms with Crippen LogP contribution < -0.4 is 5.32 Å². The van der Waals surface area contributed by atoms with Crippen LogP contribution in [0, 0.1) is 5.82 Å². The molecule has 0 unspecified atom stereocenters. The first-order valence-electron chi connectivity index (χ1n) is 5.42. The van der Waals surface area contributed by atoms with E-state index in [1.165, 1.54) is 12.1 Å². The molecule has 6 nitrogen and oxygen atoms in total. The molecule has 0 aliphatic rings. The maximum absolute atomic E-state index is 13.3. The Labute approximate surface area is 103 Å². The molecule has 0 saturated carbocycles. The average Bonchev–Trinajstić information content (AvgIpc) is 2.33. The molecule has 0 saturated heterocycles. The third-order valence-electron chi connectivity index (χ3n) is 2.23. The molecular formula is C11H13FN4O2. The zero-order valence-corrected chi connectivity index (χ0v) is 9.64. The third-order valence-corrected chi connectivity index (χ3v) is 2.23. The van der Waals surface area contributed by atoms with Crippen LogP contribution in [0.25, 0.3) is 10.4 Å². The van der Waals surface area contributed by atoms with Crippen molar-refractivity contribution in [3.8, 4) is 5.75 Å². The quantitative estimate of drug-likeness (QED) is 0.351. The number of carbonyl (C=O) groups excluding carboxylic acids is 1. The molecule has 0 fully saturated rings. The van der Waals surface area contributed by atoms with Crippen LogP contribution in [0.3, 0.4) is 0 Å². The number of azide groups is 1.